The maximum Gasteiger partial charge on any atom is -1.00 e. The van der Waals surface area contributed by atoms with Crippen molar-refractivity contribution in [2.75, 3.05) is 0 Å². The van der Waals surface area contributed by atoms with Gasteiger partial charge in [0, 0.05) is 0 Å². The van der Waals surface area contributed by atoms with Crippen LogP contribution in [0.15, 0.2) is 57.9 Å². The van der Waals surface area contributed by atoms with Crippen molar-refractivity contribution in [2.45, 2.75) is 26.2 Å². The molecule has 0 spiro atoms. The van der Waals surface area contributed by atoms with Crippen LogP contribution in [0.1, 0.15) is 26.3 Å². The Bertz CT molecular complexity index is 748. The van der Waals surface area contributed by atoms with Crippen molar-refractivity contribution in [3.8, 4) is 0 Å². The maximum absolute atomic E-state index is 4.15. The predicted octanol–water partition coefficient (Wildman–Crippen LogP) is -1.81. The first-order valence-electron chi connectivity index (χ1n) is 6.92. The topological polar surface area (TPSA) is 15.8 Å². The fourth-order valence-corrected chi connectivity index (χ4v) is 6.48. The van der Waals surface area contributed by atoms with E-state index in [0.29, 0.717) is 0 Å². The van der Waals surface area contributed by atoms with E-state index < -0.39 is 23.2 Å². The molecule has 4 heteroatoms. The molecule has 2 aromatic rings. The number of fused-ring (bicyclic) bond motifs is 1. The van der Waals surface area contributed by atoms with Gasteiger partial charge in [-0.05, 0) is 0 Å². The number of para-hydroxylation sites is 1. The van der Waals surface area contributed by atoms with Crippen LogP contribution in [0, 0.1) is 0 Å². The van der Waals surface area contributed by atoms with Gasteiger partial charge < -0.3 is 24.8 Å². The minimum absolute atomic E-state index is 0. The molecule has 1 aromatic carbocycles. The van der Waals surface area contributed by atoms with Gasteiger partial charge in [0.2, 0.25) is 0 Å². The zero-order valence-electron chi connectivity index (χ0n) is 13.0. The van der Waals surface area contributed by atoms with Crippen molar-refractivity contribution in [2.24, 2.45) is 0 Å². The molecule has 3 rings (SSSR count). The van der Waals surface area contributed by atoms with Crippen LogP contribution in [0.3, 0.4) is 0 Å². The van der Waals surface area contributed by atoms with Crippen LogP contribution in [-0.4, -0.2) is 4.98 Å². The third kappa shape index (κ3) is 3.67. The molecule has 0 amide bonds. The van der Waals surface area contributed by atoms with Crippen LogP contribution in [0.4, 0.5) is 0 Å². The van der Waals surface area contributed by atoms with E-state index in [2.05, 4.69) is 74.8 Å². The Balaban J connectivity index is 0.00000121. The zero-order chi connectivity index (χ0) is 14.3. The van der Waals surface area contributed by atoms with Crippen molar-refractivity contribution < 1.29 is 48.0 Å². The molecular weight excluding hydrogens is 392 g/mol. The minimum atomic E-state index is -0.827. The Kier molecular flexibility index (Phi) is 6.50. The summed E-state index contributed by atoms with van der Waals surface area (Å²) in [5.74, 6) is 0. The Morgan fingerprint density at radius 2 is 1.77 bits per heavy atom. The summed E-state index contributed by atoms with van der Waals surface area (Å²) in [6, 6.07) is 8.67. The molecule has 1 aromatic heterocycles. The largest absolute Gasteiger partial charge is 1.00 e. The summed E-state index contributed by atoms with van der Waals surface area (Å²) in [7, 11) is 0. The van der Waals surface area contributed by atoms with Gasteiger partial charge in [0.25, 0.3) is 0 Å². The van der Waals surface area contributed by atoms with Crippen molar-refractivity contribution in [3.05, 3.63) is 63.5 Å². The second-order valence-corrected chi connectivity index (χ2v) is 9.43. The molecule has 0 aliphatic heterocycles. The van der Waals surface area contributed by atoms with Gasteiger partial charge in [-0.3, -0.25) is 0 Å². The quantitative estimate of drug-likeness (QED) is 0.600. The van der Waals surface area contributed by atoms with E-state index in [0.717, 1.165) is 0 Å². The van der Waals surface area contributed by atoms with Crippen molar-refractivity contribution >= 4 is 14.3 Å². The van der Waals surface area contributed by atoms with E-state index >= 15 is 0 Å². The van der Waals surface area contributed by atoms with Crippen LogP contribution in [0.25, 0.3) is 10.9 Å². The summed E-state index contributed by atoms with van der Waals surface area (Å²) in [5, 5.41) is 1.38. The maximum atomic E-state index is 4.15. The molecule has 1 aliphatic carbocycles. The monoisotopic (exact) mass is 409 g/mol. The van der Waals surface area contributed by atoms with Gasteiger partial charge in [-0.25, -0.2) is 0 Å². The molecular formula is C18H19Cl2NZr. The number of nitrogens with one attached hydrogen (secondary N) is 1. The first-order valence-corrected chi connectivity index (χ1v) is 9.38. The van der Waals surface area contributed by atoms with Crippen LogP contribution in [-0.2, 0) is 28.6 Å². The van der Waals surface area contributed by atoms with Gasteiger partial charge in [0.15, 0.2) is 0 Å². The number of aromatic amines is 1. The normalized spacial score (nSPS) is 13.4. The molecule has 0 radical (unpaired) electrons. The van der Waals surface area contributed by atoms with Crippen LogP contribution < -0.4 is 28.2 Å². The van der Waals surface area contributed by atoms with Gasteiger partial charge in [-0.1, -0.05) is 0 Å². The summed E-state index contributed by atoms with van der Waals surface area (Å²) >= 11 is -0.827. The molecule has 0 saturated carbocycles. The molecule has 1 N–H and O–H groups in total. The Morgan fingerprint density at radius 1 is 1.09 bits per heavy atom. The first kappa shape index (κ1) is 19.5. The molecule has 1 aliphatic rings. The second-order valence-electron chi connectivity index (χ2n) is 6.26. The van der Waals surface area contributed by atoms with E-state index in [1.807, 2.05) is 0 Å². The fourth-order valence-electron chi connectivity index (χ4n) is 2.73. The average molecular weight is 411 g/mol. The van der Waals surface area contributed by atoms with Crippen molar-refractivity contribution in [1.82, 2.24) is 4.98 Å². The van der Waals surface area contributed by atoms with Crippen molar-refractivity contribution in [1.29, 1.82) is 0 Å². The predicted molar refractivity (Wildman–Crippen MR) is 83.0 cm³/mol. The van der Waals surface area contributed by atoms with Crippen LogP contribution in [0.2, 0.25) is 0 Å². The number of benzene rings is 1. The number of allylic oxidation sites excluding steroid dienone is 5. The summed E-state index contributed by atoms with van der Waals surface area (Å²) in [6.07, 6.45) is 6.49. The molecule has 0 atom stereocenters. The summed E-state index contributed by atoms with van der Waals surface area (Å²) in [5.41, 5.74) is 4.14. The fraction of sp³-hybridized carbons (Fsp3) is 0.222. The molecule has 0 fully saturated rings. The Morgan fingerprint density at radius 3 is 2.36 bits per heavy atom. The number of H-pyrrole nitrogens is 1. The van der Waals surface area contributed by atoms with Gasteiger partial charge in [0.1, 0.15) is 0 Å². The molecule has 1 nitrogen and oxygen atoms in total. The third-order valence-corrected chi connectivity index (χ3v) is 7.02. The zero-order valence-corrected chi connectivity index (χ0v) is 17.0. The Hall–Kier alpha value is -0.557. The second kappa shape index (κ2) is 7.34. The van der Waals surface area contributed by atoms with Gasteiger partial charge in [-0.2, -0.15) is 0 Å². The molecule has 114 valence electrons. The van der Waals surface area contributed by atoms with Crippen molar-refractivity contribution in [3.63, 3.8) is 0 Å². The van der Waals surface area contributed by atoms with E-state index in [-0.39, 0.29) is 30.2 Å². The number of hydrogen-bond donors (Lipinski definition) is 1. The minimum Gasteiger partial charge on any atom is -1.00 e. The third-order valence-electron chi connectivity index (χ3n) is 3.62. The SMILES string of the molecule is C=C1C=CC=[C]1[Zr+2][c]1[nH]c2ccccc2c1C(C)(C)C.[Cl-].[Cl-]. The van der Waals surface area contributed by atoms with E-state index in [4.69, 9.17) is 0 Å². The number of halogens is 2. The van der Waals surface area contributed by atoms with Gasteiger partial charge >= 0.3 is 132 Å². The molecule has 0 unspecified atom stereocenters. The molecule has 0 saturated heterocycles. The standard InChI is InChI=1S/C12H14N.C6H5.2ClH.Zr/c1-12(2,3)10-8-13-11-7-5-4-6-9(10)11;1-6-4-2-3-5-6;;;/h4-7,13H,1-3H3;2-4H,1H2;2*1H;/q;;;;+2/p-2. The summed E-state index contributed by atoms with van der Waals surface area (Å²) < 4.78 is 2.96. The average Bonchev–Trinajstić information content (AvgIpc) is 2.92. The number of rotatable bonds is 2. The summed E-state index contributed by atoms with van der Waals surface area (Å²) in [6.45, 7) is 11.1. The number of aromatic nitrogens is 1. The molecule has 1 heterocycles. The first-order chi connectivity index (χ1) is 9.47. The molecule has 0 bridgehead atoms. The van der Waals surface area contributed by atoms with E-state index in [1.165, 1.54) is 28.7 Å². The van der Waals surface area contributed by atoms with Gasteiger partial charge in [-0.15, -0.1) is 0 Å². The Labute approximate surface area is 156 Å². The van der Waals surface area contributed by atoms with E-state index in [1.54, 1.807) is 0 Å². The smallest absolute Gasteiger partial charge is 1.00 e. The number of hydrogen-bond acceptors (Lipinski definition) is 0. The van der Waals surface area contributed by atoms with Crippen LogP contribution in [0.5, 0.6) is 0 Å². The molecule has 22 heavy (non-hydrogen) atoms. The summed E-state index contributed by atoms with van der Waals surface area (Å²) in [4.78, 5) is 3.68. The van der Waals surface area contributed by atoms with Gasteiger partial charge in [0.05, 0.1) is 0 Å². The van der Waals surface area contributed by atoms with Crippen LogP contribution >= 0.6 is 0 Å². The van der Waals surface area contributed by atoms with E-state index in [9.17, 15) is 0 Å².